The molecular weight excluding hydrogens is 236 g/mol. The van der Waals surface area contributed by atoms with Crippen molar-refractivity contribution in [1.82, 2.24) is 9.97 Å². The van der Waals surface area contributed by atoms with Crippen LogP contribution in [0.25, 0.3) is 10.9 Å². The molecule has 0 amide bonds. The van der Waals surface area contributed by atoms with E-state index in [1.807, 2.05) is 19.1 Å². The average molecular weight is 249 g/mol. The Bertz CT molecular complexity index is 565. The summed E-state index contributed by atoms with van der Waals surface area (Å²) in [4.78, 5) is 8.72. The number of nitrogens with zero attached hydrogens (tertiary/aromatic N) is 2. The summed E-state index contributed by atoms with van der Waals surface area (Å²) in [6.45, 7) is 3.58. The fourth-order valence-electron chi connectivity index (χ4n) is 2.35. The maximum absolute atomic E-state index is 6.01. The fourth-order valence-corrected chi connectivity index (χ4v) is 2.53. The predicted octanol–water partition coefficient (Wildman–Crippen LogP) is 3.10. The minimum atomic E-state index is 0.328. The second kappa shape index (κ2) is 4.24. The van der Waals surface area contributed by atoms with Gasteiger partial charge in [-0.15, -0.1) is 0 Å². The summed E-state index contributed by atoms with van der Waals surface area (Å²) in [5, 5.41) is 1.43. The van der Waals surface area contributed by atoms with Crippen LogP contribution < -0.4 is 0 Å². The summed E-state index contributed by atoms with van der Waals surface area (Å²) < 4.78 is 5.43. The third kappa shape index (κ3) is 1.90. The van der Waals surface area contributed by atoms with Crippen molar-refractivity contribution in [3.05, 3.63) is 34.7 Å². The lowest BCUT2D eigenvalue weighted by Gasteiger charge is -2.11. The molecule has 0 saturated carbocycles. The Morgan fingerprint density at radius 3 is 3.00 bits per heavy atom. The van der Waals surface area contributed by atoms with Crippen molar-refractivity contribution in [3.63, 3.8) is 0 Å². The smallest absolute Gasteiger partial charge is 0.223 e. The first kappa shape index (κ1) is 10.9. The molecule has 4 heteroatoms. The van der Waals surface area contributed by atoms with Gasteiger partial charge in [0.05, 0.1) is 17.8 Å². The van der Waals surface area contributed by atoms with E-state index in [0.29, 0.717) is 11.2 Å². The zero-order chi connectivity index (χ0) is 11.8. The normalized spacial score (nSPS) is 20.0. The van der Waals surface area contributed by atoms with E-state index < -0.39 is 0 Å². The number of fused-ring (bicyclic) bond motifs is 1. The third-order valence-corrected chi connectivity index (χ3v) is 3.42. The van der Waals surface area contributed by atoms with Crippen molar-refractivity contribution in [2.45, 2.75) is 19.3 Å². The quantitative estimate of drug-likeness (QED) is 0.728. The highest BCUT2D eigenvalue weighted by atomic mass is 35.5. The van der Waals surface area contributed by atoms with Crippen LogP contribution in [0.2, 0.25) is 5.28 Å². The van der Waals surface area contributed by atoms with E-state index in [9.17, 15) is 0 Å². The van der Waals surface area contributed by atoms with Gasteiger partial charge in [0, 0.05) is 17.9 Å². The van der Waals surface area contributed by atoms with Crippen LogP contribution in [-0.4, -0.2) is 23.2 Å². The third-order valence-electron chi connectivity index (χ3n) is 3.25. The van der Waals surface area contributed by atoms with Crippen molar-refractivity contribution in [2.24, 2.45) is 0 Å². The van der Waals surface area contributed by atoms with Gasteiger partial charge < -0.3 is 4.74 Å². The second-order valence-electron chi connectivity index (χ2n) is 4.41. The molecule has 2 heterocycles. The molecule has 1 fully saturated rings. The summed E-state index contributed by atoms with van der Waals surface area (Å²) in [6, 6.07) is 6.14. The number of ether oxygens (including phenoxy) is 1. The molecule has 1 aromatic carbocycles. The molecule has 2 aromatic rings. The lowest BCUT2D eigenvalue weighted by molar-refractivity contribution is 0.193. The van der Waals surface area contributed by atoms with Gasteiger partial charge in [0.15, 0.2) is 0 Å². The maximum Gasteiger partial charge on any atom is 0.223 e. The van der Waals surface area contributed by atoms with Crippen molar-refractivity contribution in [3.8, 4) is 0 Å². The molecule has 0 bridgehead atoms. The average Bonchev–Trinajstić information content (AvgIpc) is 2.83. The molecule has 1 saturated heterocycles. The molecule has 0 aliphatic carbocycles. The van der Waals surface area contributed by atoms with E-state index in [1.54, 1.807) is 0 Å². The van der Waals surface area contributed by atoms with Gasteiger partial charge in [0.25, 0.3) is 0 Å². The number of hydrogen-bond acceptors (Lipinski definition) is 3. The molecule has 1 unspecified atom stereocenters. The van der Waals surface area contributed by atoms with Gasteiger partial charge in [-0.3, -0.25) is 0 Å². The molecule has 0 radical (unpaired) electrons. The number of aromatic nitrogens is 2. The Morgan fingerprint density at radius 1 is 1.35 bits per heavy atom. The van der Waals surface area contributed by atoms with Crippen molar-refractivity contribution < 1.29 is 4.74 Å². The Morgan fingerprint density at radius 2 is 2.24 bits per heavy atom. The van der Waals surface area contributed by atoms with Gasteiger partial charge in [-0.25, -0.2) is 9.97 Å². The van der Waals surface area contributed by atoms with Crippen LogP contribution in [0.1, 0.15) is 23.6 Å². The Kier molecular flexibility index (Phi) is 2.73. The van der Waals surface area contributed by atoms with E-state index in [4.69, 9.17) is 16.3 Å². The van der Waals surface area contributed by atoms with Crippen molar-refractivity contribution in [2.75, 3.05) is 13.2 Å². The molecule has 1 atom stereocenters. The zero-order valence-electron chi connectivity index (χ0n) is 9.61. The van der Waals surface area contributed by atoms with E-state index in [-0.39, 0.29) is 0 Å². The maximum atomic E-state index is 6.01. The van der Waals surface area contributed by atoms with Crippen LogP contribution in [-0.2, 0) is 4.74 Å². The number of para-hydroxylation sites is 1. The molecule has 1 aliphatic heterocycles. The van der Waals surface area contributed by atoms with Crippen LogP contribution in [0.4, 0.5) is 0 Å². The molecule has 88 valence electrons. The Hall–Kier alpha value is -1.19. The molecule has 3 nitrogen and oxygen atoms in total. The van der Waals surface area contributed by atoms with E-state index in [2.05, 4.69) is 16.0 Å². The number of aryl methyl sites for hydroxylation is 1. The van der Waals surface area contributed by atoms with E-state index in [0.717, 1.165) is 41.8 Å². The SMILES string of the molecule is Cc1cccc2c(C3CCOC3)nc(Cl)nc12. The molecule has 3 rings (SSSR count). The molecule has 1 aromatic heterocycles. The Balaban J connectivity index is 2.25. The number of benzene rings is 1. The highest BCUT2D eigenvalue weighted by Crippen LogP contribution is 2.31. The highest BCUT2D eigenvalue weighted by Gasteiger charge is 2.22. The summed E-state index contributed by atoms with van der Waals surface area (Å²) >= 11 is 6.01. The van der Waals surface area contributed by atoms with Gasteiger partial charge in [-0.05, 0) is 30.5 Å². The summed E-state index contributed by atoms with van der Waals surface area (Å²) in [5.74, 6) is 0.347. The van der Waals surface area contributed by atoms with E-state index >= 15 is 0 Å². The van der Waals surface area contributed by atoms with Crippen LogP contribution in [0.15, 0.2) is 18.2 Å². The van der Waals surface area contributed by atoms with Gasteiger partial charge in [0.1, 0.15) is 0 Å². The van der Waals surface area contributed by atoms with Crippen LogP contribution >= 0.6 is 11.6 Å². The summed E-state index contributed by atoms with van der Waals surface area (Å²) in [5.41, 5.74) is 3.11. The fraction of sp³-hybridized carbons (Fsp3) is 0.385. The molecule has 1 aliphatic rings. The lowest BCUT2D eigenvalue weighted by atomic mass is 9.99. The minimum absolute atomic E-state index is 0.328. The number of hydrogen-bond donors (Lipinski definition) is 0. The first-order valence-electron chi connectivity index (χ1n) is 5.76. The topological polar surface area (TPSA) is 35.0 Å². The van der Waals surface area contributed by atoms with E-state index in [1.165, 1.54) is 0 Å². The highest BCUT2D eigenvalue weighted by molar-refractivity contribution is 6.28. The molecular formula is C13H13ClN2O. The number of rotatable bonds is 1. The van der Waals surface area contributed by atoms with Crippen LogP contribution in [0.3, 0.4) is 0 Å². The minimum Gasteiger partial charge on any atom is -0.381 e. The molecule has 17 heavy (non-hydrogen) atoms. The predicted molar refractivity (Wildman–Crippen MR) is 67.5 cm³/mol. The lowest BCUT2D eigenvalue weighted by Crippen LogP contribution is -2.04. The van der Waals surface area contributed by atoms with Crippen LogP contribution in [0.5, 0.6) is 0 Å². The molecule has 0 spiro atoms. The second-order valence-corrected chi connectivity index (χ2v) is 4.75. The van der Waals surface area contributed by atoms with Gasteiger partial charge in [-0.2, -0.15) is 0 Å². The largest absolute Gasteiger partial charge is 0.381 e. The van der Waals surface area contributed by atoms with Gasteiger partial charge in [0.2, 0.25) is 5.28 Å². The van der Waals surface area contributed by atoms with Crippen molar-refractivity contribution >= 4 is 22.5 Å². The molecule has 0 N–H and O–H groups in total. The number of halogens is 1. The monoisotopic (exact) mass is 248 g/mol. The standard InChI is InChI=1S/C13H13ClN2O/c1-8-3-2-4-10-11(8)15-13(14)16-12(10)9-5-6-17-7-9/h2-4,9H,5-7H2,1H3. The van der Waals surface area contributed by atoms with Gasteiger partial charge >= 0.3 is 0 Å². The summed E-state index contributed by atoms with van der Waals surface area (Å²) in [7, 11) is 0. The summed E-state index contributed by atoms with van der Waals surface area (Å²) in [6.07, 6.45) is 1.01. The van der Waals surface area contributed by atoms with Crippen molar-refractivity contribution in [1.29, 1.82) is 0 Å². The first-order valence-corrected chi connectivity index (χ1v) is 6.14. The van der Waals surface area contributed by atoms with Gasteiger partial charge in [-0.1, -0.05) is 18.2 Å². The zero-order valence-corrected chi connectivity index (χ0v) is 10.4. The first-order chi connectivity index (χ1) is 8.25. The Labute approximate surface area is 105 Å². The van der Waals surface area contributed by atoms with Crippen LogP contribution in [0, 0.1) is 6.92 Å².